The highest BCUT2D eigenvalue weighted by atomic mass is 15.4. The molecule has 2 aromatic carbocycles. The molecule has 0 aromatic heterocycles. The van der Waals surface area contributed by atoms with Crippen LogP contribution >= 0.6 is 0 Å². The molecule has 0 heterocycles. The molecular formula is C27H42N3+. The Bertz CT molecular complexity index is 669. The van der Waals surface area contributed by atoms with Crippen LogP contribution in [0.5, 0.6) is 0 Å². The van der Waals surface area contributed by atoms with Gasteiger partial charge < -0.3 is 0 Å². The summed E-state index contributed by atoms with van der Waals surface area (Å²) in [5.41, 5.74) is 2.73. The third-order valence-electron chi connectivity index (χ3n) is 5.61. The molecule has 3 nitrogen and oxygen atoms in total. The molecule has 2 aromatic rings. The quantitative estimate of drug-likeness (QED) is 0.242. The van der Waals surface area contributed by atoms with Gasteiger partial charge in [0.2, 0.25) is 0 Å². The van der Waals surface area contributed by atoms with Gasteiger partial charge in [-0.1, -0.05) is 87.4 Å². The van der Waals surface area contributed by atoms with Crippen molar-refractivity contribution in [3.63, 3.8) is 0 Å². The Balaban J connectivity index is 2.54. The molecule has 30 heavy (non-hydrogen) atoms. The molecule has 0 aliphatic heterocycles. The van der Waals surface area contributed by atoms with Crippen molar-refractivity contribution in [3.8, 4) is 0 Å². The fourth-order valence-corrected chi connectivity index (χ4v) is 3.92. The van der Waals surface area contributed by atoms with Crippen LogP contribution in [0.25, 0.3) is 0 Å². The smallest absolute Gasteiger partial charge is 0.265 e. The van der Waals surface area contributed by atoms with Crippen LogP contribution in [-0.2, 0) is 13.1 Å². The zero-order chi connectivity index (χ0) is 21.6. The molecule has 0 saturated heterocycles. The lowest BCUT2D eigenvalue weighted by atomic mass is 10.2. The van der Waals surface area contributed by atoms with Crippen molar-refractivity contribution in [1.29, 1.82) is 0 Å². The number of hydrogen-bond acceptors (Lipinski definition) is 0. The maximum absolute atomic E-state index is 2.66. The molecule has 164 valence electrons. The van der Waals surface area contributed by atoms with Crippen molar-refractivity contribution in [2.24, 2.45) is 0 Å². The molecule has 0 amide bonds. The van der Waals surface area contributed by atoms with E-state index in [4.69, 9.17) is 0 Å². The summed E-state index contributed by atoms with van der Waals surface area (Å²) in [4.78, 5) is 5.21. The largest absolute Gasteiger partial charge is 0.351 e. The van der Waals surface area contributed by atoms with Crippen LogP contribution in [0.15, 0.2) is 60.7 Å². The fraction of sp³-hybridized carbons (Fsp3) is 0.519. The molecule has 0 aliphatic rings. The van der Waals surface area contributed by atoms with Gasteiger partial charge in [0.05, 0.1) is 39.3 Å². The number of hydrogen-bond donors (Lipinski definition) is 0. The summed E-state index contributed by atoms with van der Waals surface area (Å²) >= 11 is 0. The van der Waals surface area contributed by atoms with Crippen molar-refractivity contribution >= 4 is 5.96 Å². The number of benzene rings is 2. The van der Waals surface area contributed by atoms with Gasteiger partial charge in [-0.05, 0) is 37.8 Å². The Morgan fingerprint density at radius 2 is 1.07 bits per heavy atom. The first kappa shape index (κ1) is 24.0. The van der Waals surface area contributed by atoms with Crippen LogP contribution < -0.4 is 0 Å². The van der Waals surface area contributed by atoms with Crippen molar-refractivity contribution in [1.82, 2.24) is 9.80 Å². The lowest BCUT2D eigenvalue weighted by Crippen LogP contribution is -2.50. The lowest BCUT2D eigenvalue weighted by Gasteiger charge is -2.30. The van der Waals surface area contributed by atoms with Crippen LogP contribution in [0, 0.1) is 0 Å². The van der Waals surface area contributed by atoms with Crippen LogP contribution in [0.3, 0.4) is 0 Å². The zero-order valence-corrected chi connectivity index (χ0v) is 19.7. The second kappa shape index (κ2) is 13.8. The number of guanidine groups is 1. The van der Waals surface area contributed by atoms with E-state index in [1.807, 2.05) is 0 Å². The van der Waals surface area contributed by atoms with Crippen LogP contribution in [-0.4, -0.2) is 46.5 Å². The summed E-state index contributed by atoms with van der Waals surface area (Å²) in [6.45, 7) is 15.3. The van der Waals surface area contributed by atoms with Gasteiger partial charge in [-0.25, -0.2) is 0 Å². The Morgan fingerprint density at radius 1 is 0.633 bits per heavy atom. The van der Waals surface area contributed by atoms with Gasteiger partial charge in [0.15, 0.2) is 0 Å². The summed E-state index contributed by atoms with van der Waals surface area (Å²) in [6, 6.07) is 21.8. The van der Waals surface area contributed by atoms with Crippen molar-refractivity contribution in [3.05, 3.63) is 71.8 Å². The number of unbranched alkanes of at least 4 members (excludes halogenated alkanes) is 2. The van der Waals surface area contributed by atoms with Gasteiger partial charge in [0, 0.05) is 0 Å². The SMILES string of the molecule is CCCCN(CCCC)C(N(CC)CC)=[N+](Cc1ccccc1)Cc1ccccc1. The first-order valence-corrected chi connectivity index (χ1v) is 11.9. The lowest BCUT2D eigenvalue weighted by molar-refractivity contribution is -0.569. The Kier molecular flexibility index (Phi) is 11.1. The predicted molar refractivity (Wildman–Crippen MR) is 130 cm³/mol. The van der Waals surface area contributed by atoms with Crippen LogP contribution in [0.4, 0.5) is 0 Å². The molecule has 2 rings (SSSR count). The summed E-state index contributed by atoms with van der Waals surface area (Å²) in [5.74, 6) is 1.40. The third kappa shape index (κ3) is 7.51. The molecule has 0 radical (unpaired) electrons. The molecule has 0 unspecified atom stereocenters. The van der Waals surface area contributed by atoms with Gasteiger partial charge in [-0.3, -0.25) is 14.4 Å². The topological polar surface area (TPSA) is 9.49 Å². The number of rotatable bonds is 12. The molecule has 0 bridgehead atoms. The van der Waals surface area contributed by atoms with Gasteiger partial charge in [0.25, 0.3) is 0 Å². The average Bonchev–Trinajstić information content (AvgIpc) is 2.79. The monoisotopic (exact) mass is 408 g/mol. The number of nitrogens with zero attached hydrogens (tertiary/aromatic N) is 3. The fourth-order valence-electron chi connectivity index (χ4n) is 3.92. The van der Waals surface area contributed by atoms with E-state index >= 15 is 0 Å². The van der Waals surface area contributed by atoms with E-state index in [0.29, 0.717) is 0 Å². The first-order valence-electron chi connectivity index (χ1n) is 11.9. The Labute approximate surface area is 185 Å². The van der Waals surface area contributed by atoms with E-state index < -0.39 is 0 Å². The van der Waals surface area contributed by atoms with Gasteiger partial charge in [-0.2, -0.15) is 0 Å². The van der Waals surface area contributed by atoms with Crippen LogP contribution in [0.1, 0.15) is 64.5 Å². The minimum absolute atomic E-state index is 0.927. The van der Waals surface area contributed by atoms with Crippen molar-refractivity contribution in [2.45, 2.75) is 66.5 Å². The second-order valence-corrected chi connectivity index (χ2v) is 7.99. The second-order valence-electron chi connectivity index (χ2n) is 7.99. The molecule has 0 saturated carbocycles. The highest BCUT2D eigenvalue weighted by Crippen LogP contribution is 2.12. The third-order valence-corrected chi connectivity index (χ3v) is 5.61. The molecule has 0 spiro atoms. The molecule has 0 N–H and O–H groups in total. The summed E-state index contributed by atoms with van der Waals surface area (Å²) in [7, 11) is 0. The molecule has 0 atom stereocenters. The highest BCUT2D eigenvalue weighted by molar-refractivity contribution is 5.75. The minimum Gasteiger partial charge on any atom is -0.265 e. The van der Waals surface area contributed by atoms with E-state index in [2.05, 4.69) is 103 Å². The van der Waals surface area contributed by atoms with E-state index in [-0.39, 0.29) is 0 Å². The minimum atomic E-state index is 0.927. The zero-order valence-electron chi connectivity index (χ0n) is 19.7. The van der Waals surface area contributed by atoms with Gasteiger partial charge in [-0.15, -0.1) is 0 Å². The van der Waals surface area contributed by atoms with E-state index in [0.717, 1.165) is 39.3 Å². The van der Waals surface area contributed by atoms with Crippen molar-refractivity contribution < 1.29 is 4.58 Å². The van der Waals surface area contributed by atoms with Gasteiger partial charge in [0.1, 0.15) is 0 Å². The Hall–Kier alpha value is -2.29. The maximum atomic E-state index is 2.66. The van der Waals surface area contributed by atoms with E-state index in [1.165, 1.54) is 42.8 Å². The van der Waals surface area contributed by atoms with E-state index in [1.54, 1.807) is 0 Å². The molecule has 0 fully saturated rings. The Morgan fingerprint density at radius 3 is 1.43 bits per heavy atom. The standard InChI is InChI=1S/C27H42N3/c1-5-9-21-29(22-10-6-2)27(28(7-3)8-4)30(23-25-17-13-11-14-18-25)24-26-19-15-12-16-20-26/h11-20H,5-10,21-24H2,1-4H3/q+1. The molecule has 0 aliphatic carbocycles. The molecule has 3 heteroatoms. The summed E-state index contributed by atoms with van der Waals surface area (Å²) < 4.78 is 2.60. The summed E-state index contributed by atoms with van der Waals surface area (Å²) in [5, 5.41) is 0. The maximum Gasteiger partial charge on any atom is 0.351 e. The van der Waals surface area contributed by atoms with E-state index in [9.17, 15) is 0 Å². The first-order chi connectivity index (χ1) is 14.7. The van der Waals surface area contributed by atoms with Crippen LogP contribution in [0.2, 0.25) is 0 Å². The normalized spacial score (nSPS) is 10.7. The summed E-state index contributed by atoms with van der Waals surface area (Å²) in [6.07, 6.45) is 4.93. The molecular weight excluding hydrogens is 366 g/mol. The highest BCUT2D eigenvalue weighted by Gasteiger charge is 2.27. The average molecular weight is 409 g/mol. The van der Waals surface area contributed by atoms with Crippen molar-refractivity contribution in [2.75, 3.05) is 26.2 Å². The van der Waals surface area contributed by atoms with Gasteiger partial charge >= 0.3 is 5.96 Å². The predicted octanol–water partition coefficient (Wildman–Crippen LogP) is 6.00.